The van der Waals surface area contributed by atoms with E-state index in [1.54, 1.807) is 32.0 Å². The number of likely N-dealkylation sites (N-methyl/N-ethyl adjacent to an activating group) is 1. The van der Waals surface area contributed by atoms with Crippen LogP contribution in [0.15, 0.2) is 21.1 Å². The third-order valence-electron chi connectivity index (χ3n) is 5.40. The van der Waals surface area contributed by atoms with Gasteiger partial charge in [-0.05, 0) is 45.7 Å². The molecule has 0 bridgehead atoms. The van der Waals surface area contributed by atoms with Crippen molar-refractivity contribution in [3.63, 3.8) is 0 Å². The monoisotopic (exact) mass is 396 g/mol. The third-order valence-corrected chi connectivity index (χ3v) is 5.40. The molecule has 4 heterocycles. The zero-order chi connectivity index (χ0) is 20.9. The van der Waals surface area contributed by atoms with E-state index in [1.807, 2.05) is 19.9 Å². The fourth-order valence-electron chi connectivity index (χ4n) is 4.01. The Morgan fingerprint density at radius 1 is 1.21 bits per heavy atom. The summed E-state index contributed by atoms with van der Waals surface area (Å²) in [6, 6.07) is 3.18. The van der Waals surface area contributed by atoms with Crippen LogP contribution in [0, 0.1) is 20.8 Å². The molecule has 1 aliphatic heterocycles. The summed E-state index contributed by atoms with van der Waals surface area (Å²) in [5, 5.41) is 4.59. The molecular formula is C21H24N4O4. The van der Waals surface area contributed by atoms with Gasteiger partial charge in [-0.3, -0.25) is 9.59 Å². The lowest BCUT2D eigenvalue weighted by atomic mass is 10.0. The molecule has 152 valence electrons. The van der Waals surface area contributed by atoms with Crippen LogP contribution >= 0.6 is 0 Å². The van der Waals surface area contributed by atoms with Crippen LogP contribution in [0.1, 0.15) is 40.4 Å². The first-order chi connectivity index (χ1) is 13.8. The number of pyridine rings is 1. The Balaban J connectivity index is 1.84. The van der Waals surface area contributed by atoms with Gasteiger partial charge in [0.05, 0.1) is 22.3 Å². The van der Waals surface area contributed by atoms with Crippen molar-refractivity contribution in [2.24, 2.45) is 0 Å². The lowest BCUT2D eigenvalue weighted by Gasteiger charge is -2.26. The standard InChI is InChI=1S/C21H24N4O4/c1-11-9-14(13(3)28-11)16-10-15(18-12(2)23-29-19(18)22-16)20(26)25-8-6-7-17(25)21(27)24(4)5/h9-10,17H,6-8H2,1-5H3. The largest absolute Gasteiger partial charge is 0.466 e. The van der Waals surface area contributed by atoms with Gasteiger partial charge in [-0.25, -0.2) is 4.98 Å². The number of hydrogen-bond donors (Lipinski definition) is 0. The predicted molar refractivity (Wildman–Crippen MR) is 106 cm³/mol. The summed E-state index contributed by atoms with van der Waals surface area (Å²) in [6.45, 7) is 6.04. The Morgan fingerprint density at radius 2 is 1.97 bits per heavy atom. The van der Waals surface area contributed by atoms with Crippen molar-refractivity contribution >= 4 is 22.9 Å². The molecule has 0 saturated carbocycles. The number of nitrogens with zero attached hydrogens (tertiary/aromatic N) is 4. The summed E-state index contributed by atoms with van der Waals surface area (Å²) in [5.74, 6) is 1.20. The van der Waals surface area contributed by atoms with Gasteiger partial charge in [0.15, 0.2) is 0 Å². The van der Waals surface area contributed by atoms with Gasteiger partial charge in [0, 0.05) is 26.2 Å². The van der Waals surface area contributed by atoms with Crippen LogP contribution in [0.5, 0.6) is 0 Å². The number of fused-ring (bicyclic) bond motifs is 1. The van der Waals surface area contributed by atoms with Gasteiger partial charge in [0.1, 0.15) is 17.6 Å². The van der Waals surface area contributed by atoms with Crippen molar-refractivity contribution in [1.82, 2.24) is 19.9 Å². The molecule has 0 radical (unpaired) electrons. The molecule has 1 saturated heterocycles. The predicted octanol–water partition coefficient (Wildman–Crippen LogP) is 3.10. The molecule has 0 spiro atoms. The van der Waals surface area contributed by atoms with Crippen LogP contribution in [0.2, 0.25) is 0 Å². The molecule has 3 aromatic rings. The maximum Gasteiger partial charge on any atom is 0.259 e. The Morgan fingerprint density at radius 3 is 2.62 bits per heavy atom. The molecular weight excluding hydrogens is 372 g/mol. The molecule has 0 aliphatic carbocycles. The summed E-state index contributed by atoms with van der Waals surface area (Å²) in [5.41, 5.74) is 2.73. The number of hydrogen-bond acceptors (Lipinski definition) is 6. The van der Waals surface area contributed by atoms with Crippen LogP contribution in [0.4, 0.5) is 0 Å². The second-order valence-corrected chi connectivity index (χ2v) is 7.72. The van der Waals surface area contributed by atoms with Gasteiger partial charge < -0.3 is 18.7 Å². The summed E-state index contributed by atoms with van der Waals surface area (Å²) >= 11 is 0. The Bertz CT molecular complexity index is 1110. The first-order valence-electron chi connectivity index (χ1n) is 9.64. The number of furan rings is 1. The molecule has 8 heteroatoms. The van der Waals surface area contributed by atoms with Gasteiger partial charge in [0.25, 0.3) is 11.6 Å². The second kappa shape index (κ2) is 7.02. The molecule has 4 rings (SSSR count). The van der Waals surface area contributed by atoms with E-state index in [0.29, 0.717) is 46.8 Å². The average Bonchev–Trinajstić information content (AvgIpc) is 3.38. The molecule has 8 nitrogen and oxygen atoms in total. The Labute approximate surface area is 168 Å². The lowest BCUT2D eigenvalue weighted by Crippen LogP contribution is -2.45. The van der Waals surface area contributed by atoms with Crippen molar-refractivity contribution in [3.8, 4) is 11.3 Å². The van der Waals surface area contributed by atoms with Crippen molar-refractivity contribution in [2.45, 2.75) is 39.7 Å². The van der Waals surface area contributed by atoms with Gasteiger partial charge in [-0.2, -0.15) is 0 Å². The van der Waals surface area contributed by atoms with E-state index < -0.39 is 6.04 Å². The number of amides is 2. The number of aromatic nitrogens is 2. The van der Waals surface area contributed by atoms with E-state index in [2.05, 4.69) is 10.1 Å². The number of carbonyl (C=O) groups is 2. The van der Waals surface area contributed by atoms with E-state index in [0.717, 1.165) is 17.7 Å². The molecule has 1 aliphatic rings. The van der Waals surface area contributed by atoms with Crippen molar-refractivity contribution in [3.05, 3.63) is 34.9 Å². The third kappa shape index (κ3) is 3.18. The van der Waals surface area contributed by atoms with Gasteiger partial charge in [-0.1, -0.05) is 5.16 Å². The first-order valence-corrected chi connectivity index (χ1v) is 9.64. The van der Waals surface area contributed by atoms with Crippen LogP contribution in [0.3, 0.4) is 0 Å². The van der Waals surface area contributed by atoms with Crippen molar-refractivity contribution in [2.75, 3.05) is 20.6 Å². The van der Waals surface area contributed by atoms with Crippen molar-refractivity contribution < 1.29 is 18.5 Å². The van der Waals surface area contributed by atoms with E-state index in [4.69, 9.17) is 8.94 Å². The first kappa shape index (κ1) is 19.2. The van der Waals surface area contributed by atoms with Gasteiger partial charge in [0.2, 0.25) is 5.91 Å². The van der Waals surface area contributed by atoms with E-state index in [9.17, 15) is 9.59 Å². The van der Waals surface area contributed by atoms with E-state index in [1.165, 1.54) is 4.90 Å². The van der Waals surface area contributed by atoms with E-state index in [-0.39, 0.29) is 11.8 Å². The lowest BCUT2D eigenvalue weighted by molar-refractivity contribution is -0.132. The summed E-state index contributed by atoms with van der Waals surface area (Å²) in [6.07, 6.45) is 1.45. The van der Waals surface area contributed by atoms with Gasteiger partial charge >= 0.3 is 0 Å². The minimum atomic E-state index is -0.456. The average molecular weight is 396 g/mol. The molecule has 0 aromatic carbocycles. The minimum absolute atomic E-state index is 0.0651. The van der Waals surface area contributed by atoms with E-state index >= 15 is 0 Å². The highest BCUT2D eigenvalue weighted by Gasteiger charge is 2.36. The minimum Gasteiger partial charge on any atom is -0.466 e. The summed E-state index contributed by atoms with van der Waals surface area (Å²) < 4.78 is 11.0. The number of carbonyl (C=O) groups excluding carboxylic acids is 2. The van der Waals surface area contributed by atoms with Crippen LogP contribution in [-0.4, -0.2) is 58.4 Å². The quantitative estimate of drug-likeness (QED) is 0.675. The maximum atomic E-state index is 13.6. The number of likely N-dealkylation sites (tertiary alicyclic amines) is 1. The SMILES string of the molecule is Cc1cc(-c2cc(C(=O)N3CCCC3C(=O)N(C)C)c3c(C)noc3n2)c(C)o1. The summed E-state index contributed by atoms with van der Waals surface area (Å²) in [7, 11) is 3.42. The van der Waals surface area contributed by atoms with Crippen LogP contribution in [-0.2, 0) is 4.79 Å². The molecule has 29 heavy (non-hydrogen) atoms. The zero-order valence-electron chi connectivity index (χ0n) is 17.3. The molecule has 1 atom stereocenters. The number of rotatable bonds is 3. The molecule has 2 amide bonds. The highest BCUT2D eigenvalue weighted by atomic mass is 16.5. The fourth-order valence-corrected chi connectivity index (χ4v) is 4.01. The maximum absolute atomic E-state index is 13.6. The highest BCUT2D eigenvalue weighted by Crippen LogP contribution is 2.32. The highest BCUT2D eigenvalue weighted by molar-refractivity contribution is 6.08. The molecule has 1 unspecified atom stereocenters. The molecule has 3 aromatic heterocycles. The smallest absolute Gasteiger partial charge is 0.259 e. The second-order valence-electron chi connectivity index (χ2n) is 7.72. The fraction of sp³-hybridized carbons (Fsp3) is 0.429. The van der Waals surface area contributed by atoms with Gasteiger partial charge in [-0.15, -0.1) is 0 Å². The van der Waals surface area contributed by atoms with Crippen molar-refractivity contribution in [1.29, 1.82) is 0 Å². The van der Waals surface area contributed by atoms with Crippen LogP contribution < -0.4 is 0 Å². The molecule has 0 N–H and O–H groups in total. The Kier molecular flexibility index (Phi) is 4.64. The topological polar surface area (TPSA) is 92.7 Å². The number of aryl methyl sites for hydroxylation is 3. The zero-order valence-corrected chi connectivity index (χ0v) is 17.3. The normalized spacial score (nSPS) is 16.6. The molecule has 1 fully saturated rings. The Hall–Kier alpha value is -3.16. The summed E-state index contributed by atoms with van der Waals surface area (Å²) in [4.78, 5) is 33.9. The van der Waals surface area contributed by atoms with Crippen LogP contribution in [0.25, 0.3) is 22.4 Å².